The van der Waals surface area contributed by atoms with Gasteiger partial charge >= 0.3 is 0 Å². The summed E-state index contributed by atoms with van der Waals surface area (Å²) in [5.74, 6) is 0.906. The fourth-order valence-corrected chi connectivity index (χ4v) is 1.93. The SMILES string of the molecule is CCOc1ccc(NCc2cn(CC)nc2C)cc1. The molecule has 1 aromatic heterocycles. The van der Waals surface area contributed by atoms with Crippen LogP contribution in [0.5, 0.6) is 5.75 Å². The number of nitrogens with one attached hydrogen (secondary N) is 1. The lowest BCUT2D eigenvalue weighted by molar-refractivity contribution is 0.340. The number of aromatic nitrogens is 2. The Hall–Kier alpha value is -1.97. The molecule has 0 spiro atoms. The number of hydrogen-bond acceptors (Lipinski definition) is 3. The van der Waals surface area contributed by atoms with E-state index in [-0.39, 0.29) is 0 Å². The second-order valence-electron chi connectivity index (χ2n) is 4.41. The van der Waals surface area contributed by atoms with E-state index in [1.807, 2.05) is 42.8 Å². The number of nitrogens with zero attached hydrogens (tertiary/aromatic N) is 2. The van der Waals surface area contributed by atoms with Gasteiger partial charge in [0.1, 0.15) is 5.75 Å². The van der Waals surface area contributed by atoms with E-state index < -0.39 is 0 Å². The van der Waals surface area contributed by atoms with Crippen LogP contribution in [0.1, 0.15) is 25.1 Å². The van der Waals surface area contributed by atoms with Gasteiger partial charge in [-0.05, 0) is 45.0 Å². The Morgan fingerprint density at radius 1 is 1.21 bits per heavy atom. The Bertz CT molecular complexity index is 517. The average molecular weight is 259 g/mol. The van der Waals surface area contributed by atoms with Crippen molar-refractivity contribution in [3.63, 3.8) is 0 Å². The van der Waals surface area contributed by atoms with Crippen LogP contribution in [0, 0.1) is 6.92 Å². The van der Waals surface area contributed by atoms with Crippen molar-refractivity contribution in [2.45, 2.75) is 33.9 Å². The van der Waals surface area contributed by atoms with Crippen LogP contribution in [-0.2, 0) is 13.1 Å². The molecule has 1 N–H and O–H groups in total. The monoisotopic (exact) mass is 259 g/mol. The number of benzene rings is 1. The Labute approximate surface area is 114 Å². The second-order valence-corrected chi connectivity index (χ2v) is 4.41. The molecule has 19 heavy (non-hydrogen) atoms. The summed E-state index contributed by atoms with van der Waals surface area (Å²) in [5.41, 5.74) is 3.41. The van der Waals surface area contributed by atoms with E-state index in [4.69, 9.17) is 4.74 Å². The molecular formula is C15H21N3O. The third kappa shape index (κ3) is 3.50. The minimum atomic E-state index is 0.697. The molecule has 0 aliphatic carbocycles. The maximum atomic E-state index is 5.42. The molecule has 2 aromatic rings. The van der Waals surface area contributed by atoms with E-state index in [1.165, 1.54) is 5.56 Å². The first-order valence-corrected chi connectivity index (χ1v) is 6.72. The summed E-state index contributed by atoms with van der Waals surface area (Å²) in [4.78, 5) is 0. The normalized spacial score (nSPS) is 10.5. The molecule has 4 nitrogen and oxygen atoms in total. The molecule has 0 saturated heterocycles. The molecule has 0 bridgehead atoms. The summed E-state index contributed by atoms with van der Waals surface area (Å²) >= 11 is 0. The average Bonchev–Trinajstić information content (AvgIpc) is 2.79. The molecule has 0 unspecified atom stereocenters. The van der Waals surface area contributed by atoms with E-state index in [1.54, 1.807) is 0 Å². The zero-order valence-corrected chi connectivity index (χ0v) is 11.8. The summed E-state index contributed by atoms with van der Waals surface area (Å²) in [5, 5.41) is 7.84. The van der Waals surface area contributed by atoms with Crippen molar-refractivity contribution >= 4 is 5.69 Å². The van der Waals surface area contributed by atoms with Crippen LogP contribution in [0.4, 0.5) is 5.69 Å². The number of ether oxygens (including phenoxy) is 1. The van der Waals surface area contributed by atoms with Gasteiger partial charge in [-0.15, -0.1) is 0 Å². The molecular weight excluding hydrogens is 238 g/mol. The van der Waals surface area contributed by atoms with Gasteiger partial charge in [-0.25, -0.2) is 0 Å². The van der Waals surface area contributed by atoms with Gasteiger partial charge < -0.3 is 10.1 Å². The van der Waals surface area contributed by atoms with E-state index in [0.717, 1.165) is 30.2 Å². The van der Waals surface area contributed by atoms with E-state index in [0.29, 0.717) is 6.61 Å². The van der Waals surface area contributed by atoms with E-state index >= 15 is 0 Å². The molecule has 4 heteroatoms. The summed E-state index contributed by atoms with van der Waals surface area (Å²) < 4.78 is 7.38. The summed E-state index contributed by atoms with van der Waals surface area (Å²) in [7, 11) is 0. The van der Waals surface area contributed by atoms with Crippen molar-refractivity contribution < 1.29 is 4.74 Å². The first-order valence-electron chi connectivity index (χ1n) is 6.72. The first-order chi connectivity index (χ1) is 9.22. The van der Waals surface area contributed by atoms with Gasteiger partial charge in [0.25, 0.3) is 0 Å². The zero-order valence-electron chi connectivity index (χ0n) is 11.8. The number of aryl methyl sites for hydroxylation is 2. The lowest BCUT2D eigenvalue weighted by atomic mass is 10.2. The topological polar surface area (TPSA) is 39.1 Å². The first kappa shape index (κ1) is 13.5. The standard InChI is InChI=1S/C15H21N3O/c1-4-18-11-13(12(3)17-18)10-16-14-6-8-15(9-7-14)19-5-2/h6-9,11,16H,4-5,10H2,1-3H3. The molecule has 0 atom stereocenters. The Morgan fingerprint density at radius 2 is 1.95 bits per heavy atom. The van der Waals surface area contributed by atoms with Gasteiger partial charge in [0, 0.05) is 30.5 Å². The van der Waals surface area contributed by atoms with Crippen LogP contribution in [0.15, 0.2) is 30.5 Å². The van der Waals surface area contributed by atoms with Crippen molar-refractivity contribution in [2.24, 2.45) is 0 Å². The lowest BCUT2D eigenvalue weighted by Gasteiger charge is -2.07. The van der Waals surface area contributed by atoms with Crippen molar-refractivity contribution in [1.29, 1.82) is 0 Å². The molecule has 1 aromatic carbocycles. The van der Waals surface area contributed by atoms with Crippen LogP contribution < -0.4 is 10.1 Å². The Morgan fingerprint density at radius 3 is 2.53 bits per heavy atom. The van der Waals surface area contributed by atoms with Crippen LogP contribution in [0.25, 0.3) is 0 Å². The Balaban J connectivity index is 1.95. The molecule has 1 heterocycles. The molecule has 0 amide bonds. The minimum absolute atomic E-state index is 0.697. The summed E-state index contributed by atoms with van der Waals surface area (Å²) in [6.45, 7) is 8.52. The van der Waals surface area contributed by atoms with Gasteiger partial charge in [0.15, 0.2) is 0 Å². The predicted molar refractivity (Wildman–Crippen MR) is 77.6 cm³/mol. The second kappa shape index (κ2) is 6.27. The van der Waals surface area contributed by atoms with Gasteiger partial charge in [-0.1, -0.05) is 0 Å². The summed E-state index contributed by atoms with van der Waals surface area (Å²) in [6.07, 6.45) is 2.09. The highest BCUT2D eigenvalue weighted by molar-refractivity contribution is 5.46. The predicted octanol–water partition coefficient (Wildman–Crippen LogP) is 3.22. The van der Waals surface area contributed by atoms with Crippen LogP contribution >= 0.6 is 0 Å². The highest BCUT2D eigenvalue weighted by Crippen LogP contribution is 2.17. The Kier molecular flexibility index (Phi) is 4.44. The maximum Gasteiger partial charge on any atom is 0.119 e. The third-order valence-corrected chi connectivity index (χ3v) is 3.02. The highest BCUT2D eigenvalue weighted by Gasteiger charge is 2.03. The number of rotatable bonds is 6. The van der Waals surface area contributed by atoms with Crippen LogP contribution in [0.3, 0.4) is 0 Å². The van der Waals surface area contributed by atoms with Crippen LogP contribution in [0.2, 0.25) is 0 Å². The quantitative estimate of drug-likeness (QED) is 0.865. The fourth-order valence-electron chi connectivity index (χ4n) is 1.93. The number of anilines is 1. The van der Waals surface area contributed by atoms with Crippen molar-refractivity contribution in [1.82, 2.24) is 9.78 Å². The van der Waals surface area contributed by atoms with Crippen LogP contribution in [-0.4, -0.2) is 16.4 Å². The number of hydrogen-bond donors (Lipinski definition) is 1. The fraction of sp³-hybridized carbons (Fsp3) is 0.400. The van der Waals surface area contributed by atoms with Crippen molar-refractivity contribution in [3.05, 3.63) is 41.7 Å². The molecule has 0 aliphatic heterocycles. The van der Waals surface area contributed by atoms with Gasteiger partial charge in [0.2, 0.25) is 0 Å². The molecule has 0 radical (unpaired) electrons. The maximum absolute atomic E-state index is 5.42. The molecule has 0 aliphatic rings. The lowest BCUT2D eigenvalue weighted by Crippen LogP contribution is -2.00. The summed E-state index contributed by atoms with van der Waals surface area (Å²) in [6, 6.07) is 8.03. The largest absolute Gasteiger partial charge is 0.494 e. The van der Waals surface area contributed by atoms with E-state index in [2.05, 4.69) is 23.5 Å². The molecule has 0 fully saturated rings. The highest BCUT2D eigenvalue weighted by atomic mass is 16.5. The smallest absolute Gasteiger partial charge is 0.119 e. The zero-order chi connectivity index (χ0) is 13.7. The molecule has 102 valence electrons. The third-order valence-electron chi connectivity index (χ3n) is 3.02. The minimum Gasteiger partial charge on any atom is -0.494 e. The van der Waals surface area contributed by atoms with Gasteiger partial charge in [-0.3, -0.25) is 4.68 Å². The molecule has 0 saturated carbocycles. The molecule has 2 rings (SSSR count). The van der Waals surface area contributed by atoms with Gasteiger partial charge in [0.05, 0.1) is 12.3 Å². The van der Waals surface area contributed by atoms with Gasteiger partial charge in [-0.2, -0.15) is 5.10 Å². The van der Waals surface area contributed by atoms with Crippen molar-refractivity contribution in [2.75, 3.05) is 11.9 Å². The van der Waals surface area contributed by atoms with E-state index in [9.17, 15) is 0 Å². The van der Waals surface area contributed by atoms with Crippen molar-refractivity contribution in [3.8, 4) is 5.75 Å².